The zero-order valence-electron chi connectivity index (χ0n) is 10.1. The Morgan fingerprint density at radius 3 is 2.89 bits per heavy atom. The molecule has 0 bridgehead atoms. The van der Waals surface area contributed by atoms with Gasteiger partial charge < -0.3 is 9.30 Å². The van der Waals surface area contributed by atoms with E-state index >= 15 is 0 Å². The fourth-order valence-electron chi connectivity index (χ4n) is 1.62. The van der Waals surface area contributed by atoms with E-state index in [1.807, 2.05) is 17.7 Å². The third-order valence-corrected chi connectivity index (χ3v) is 2.72. The molecule has 0 amide bonds. The minimum atomic E-state index is -0.499. The number of esters is 1. The molecule has 0 saturated carbocycles. The molecule has 5 nitrogen and oxygen atoms in total. The second-order valence-corrected chi connectivity index (χ2v) is 4.16. The number of methoxy groups -OCH3 is 1. The molecule has 2 heterocycles. The van der Waals surface area contributed by atoms with E-state index in [9.17, 15) is 4.79 Å². The van der Waals surface area contributed by atoms with Crippen molar-refractivity contribution in [3.8, 4) is 0 Å². The summed E-state index contributed by atoms with van der Waals surface area (Å²) in [6, 6.07) is 3.38. The van der Waals surface area contributed by atoms with Gasteiger partial charge in [0.1, 0.15) is 16.7 Å². The number of aryl methyl sites for hydroxylation is 1. The molecule has 0 aliphatic carbocycles. The number of aromatic nitrogens is 3. The molecule has 0 aromatic carbocycles. The molecule has 0 radical (unpaired) electrons. The Hall–Kier alpha value is -1.88. The number of pyridine rings is 1. The van der Waals surface area contributed by atoms with Crippen LogP contribution < -0.4 is 0 Å². The molecule has 0 saturated heterocycles. The van der Waals surface area contributed by atoms with Gasteiger partial charge >= 0.3 is 5.97 Å². The SMILES string of the molecule is COC(=O)c1cc(Cn2ccnc2C)cc(Cl)n1. The Balaban J connectivity index is 2.31. The first-order valence-corrected chi connectivity index (χ1v) is 5.70. The number of imidazole rings is 1. The van der Waals surface area contributed by atoms with E-state index in [0.29, 0.717) is 6.54 Å². The molecule has 2 aromatic rings. The van der Waals surface area contributed by atoms with Gasteiger partial charge in [-0.05, 0) is 24.6 Å². The fraction of sp³-hybridized carbons (Fsp3) is 0.250. The molecule has 0 aliphatic rings. The summed E-state index contributed by atoms with van der Waals surface area (Å²) in [6.45, 7) is 2.49. The summed E-state index contributed by atoms with van der Waals surface area (Å²) >= 11 is 5.89. The van der Waals surface area contributed by atoms with Crippen LogP contribution in [-0.4, -0.2) is 27.6 Å². The van der Waals surface area contributed by atoms with Gasteiger partial charge in [-0.3, -0.25) is 0 Å². The Bertz CT molecular complexity index is 580. The third-order valence-electron chi connectivity index (χ3n) is 2.52. The number of rotatable bonds is 3. The minimum Gasteiger partial charge on any atom is -0.464 e. The van der Waals surface area contributed by atoms with Crippen LogP contribution in [-0.2, 0) is 11.3 Å². The standard InChI is InChI=1S/C12H12ClN3O2/c1-8-14-3-4-16(8)7-9-5-10(12(17)18-2)15-11(13)6-9/h3-6H,7H2,1-2H3. The van der Waals surface area contributed by atoms with E-state index in [2.05, 4.69) is 14.7 Å². The van der Waals surface area contributed by atoms with Gasteiger partial charge in [0.05, 0.1) is 7.11 Å². The first-order valence-electron chi connectivity index (χ1n) is 5.32. The summed E-state index contributed by atoms with van der Waals surface area (Å²) in [7, 11) is 1.31. The molecule has 0 unspecified atom stereocenters. The van der Waals surface area contributed by atoms with Crippen LogP contribution in [0.1, 0.15) is 21.9 Å². The molecule has 6 heteroatoms. The van der Waals surface area contributed by atoms with Gasteiger partial charge in [-0.15, -0.1) is 0 Å². The highest BCUT2D eigenvalue weighted by atomic mass is 35.5. The molecular formula is C12H12ClN3O2. The van der Waals surface area contributed by atoms with Crippen molar-refractivity contribution in [1.29, 1.82) is 0 Å². The smallest absolute Gasteiger partial charge is 0.356 e. The van der Waals surface area contributed by atoms with Gasteiger partial charge in [-0.2, -0.15) is 0 Å². The summed E-state index contributed by atoms with van der Waals surface area (Å²) in [5, 5.41) is 0.269. The lowest BCUT2D eigenvalue weighted by atomic mass is 10.2. The maximum Gasteiger partial charge on any atom is 0.356 e. The van der Waals surface area contributed by atoms with Crippen molar-refractivity contribution in [3.63, 3.8) is 0 Å². The lowest BCUT2D eigenvalue weighted by molar-refractivity contribution is 0.0594. The first-order chi connectivity index (χ1) is 8.60. The van der Waals surface area contributed by atoms with Gasteiger partial charge in [0.25, 0.3) is 0 Å². The van der Waals surface area contributed by atoms with Gasteiger partial charge in [0.15, 0.2) is 0 Å². The van der Waals surface area contributed by atoms with Crippen molar-refractivity contribution in [2.24, 2.45) is 0 Å². The van der Waals surface area contributed by atoms with Crippen molar-refractivity contribution < 1.29 is 9.53 Å². The van der Waals surface area contributed by atoms with Gasteiger partial charge in [0.2, 0.25) is 0 Å². The van der Waals surface area contributed by atoms with Gasteiger partial charge in [-0.1, -0.05) is 11.6 Å². The van der Waals surface area contributed by atoms with Crippen molar-refractivity contribution in [3.05, 3.63) is 46.8 Å². The number of carbonyl (C=O) groups excluding carboxylic acids is 1. The highest BCUT2D eigenvalue weighted by Crippen LogP contribution is 2.13. The van der Waals surface area contributed by atoms with Gasteiger partial charge in [0, 0.05) is 18.9 Å². The predicted molar refractivity (Wildman–Crippen MR) is 66.7 cm³/mol. The topological polar surface area (TPSA) is 57.0 Å². The Morgan fingerprint density at radius 2 is 2.28 bits per heavy atom. The van der Waals surface area contributed by atoms with Crippen LogP contribution >= 0.6 is 11.6 Å². The number of ether oxygens (including phenoxy) is 1. The monoisotopic (exact) mass is 265 g/mol. The molecule has 18 heavy (non-hydrogen) atoms. The van der Waals surface area contributed by atoms with Crippen LogP contribution in [0.2, 0.25) is 5.15 Å². The fourth-order valence-corrected chi connectivity index (χ4v) is 1.85. The average Bonchev–Trinajstić information content (AvgIpc) is 2.73. The lowest BCUT2D eigenvalue weighted by Gasteiger charge is -2.07. The Labute approximate surface area is 109 Å². The molecule has 0 fully saturated rings. The Morgan fingerprint density at radius 1 is 1.50 bits per heavy atom. The van der Waals surface area contributed by atoms with E-state index in [1.165, 1.54) is 7.11 Å². The first kappa shape index (κ1) is 12.6. The summed E-state index contributed by atoms with van der Waals surface area (Å²) in [4.78, 5) is 19.5. The maximum absolute atomic E-state index is 11.4. The summed E-state index contributed by atoms with van der Waals surface area (Å²) < 4.78 is 6.58. The molecular weight excluding hydrogens is 254 g/mol. The number of carbonyl (C=O) groups is 1. The van der Waals surface area contributed by atoms with E-state index in [0.717, 1.165) is 11.4 Å². The molecule has 0 atom stereocenters. The van der Waals surface area contributed by atoms with Crippen LogP contribution in [0.15, 0.2) is 24.5 Å². The zero-order valence-corrected chi connectivity index (χ0v) is 10.8. The van der Waals surface area contributed by atoms with Crippen molar-refractivity contribution in [2.75, 3.05) is 7.11 Å². The van der Waals surface area contributed by atoms with E-state index in [1.54, 1.807) is 18.3 Å². The summed E-state index contributed by atoms with van der Waals surface area (Å²) in [6.07, 6.45) is 3.58. The second-order valence-electron chi connectivity index (χ2n) is 3.78. The van der Waals surface area contributed by atoms with Crippen molar-refractivity contribution in [1.82, 2.24) is 14.5 Å². The minimum absolute atomic E-state index is 0.206. The quantitative estimate of drug-likeness (QED) is 0.630. The average molecular weight is 266 g/mol. The van der Waals surface area contributed by atoms with E-state index in [-0.39, 0.29) is 10.8 Å². The normalized spacial score (nSPS) is 10.4. The zero-order chi connectivity index (χ0) is 13.1. The predicted octanol–water partition coefficient (Wildman–Crippen LogP) is 2.07. The molecule has 0 spiro atoms. The molecule has 0 aliphatic heterocycles. The van der Waals surface area contributed by atoms with Crippen LogP contribution in [0.4, 0.5) is 0 Å². The highest BCUT2D eigenvalue weighted by molar-refractivity contribution is 6.29. The van der Waals surface area contributed by atoms with E-state index < -0.39 is 5.97 Å². The second kappa shape index (κ2) is 5.18. The van der Waals surface area contributed by atoms with Crippen molar-refractivity contribution in [2.45, 2.75) is 13.5 Å². The van der Waals surface area contributed by atoms with E-state index in [4.69, 9.17) is 11.6 Å². The number of hydrogen-bond acceptors (Lipinski definition) is 4. The van der Waals surface area contributed by atoms with Crippen LogP contribution in [0.5, 0.6) is 0 Å². The van der Waals surface area contributed by atoms with Crippen LogP contribution in [0.3, 0.4) is 0 Å². The molecule has 2 rings (SSSR count). The van der Waals surface area contributed by atoms with Crippen molar-refractivity contribution >= 4 is 17.6 Å². The molecule has 0 N–H and O–H groups in total. The molecule has 2 aromatic heterocycles. The summed E-state index contributed by atoms with van der Waals surface area (Å²) in [5.74, 6) is 0.392. The molecule has 94 valence electrons. The largest absolute Gasteiger partial charge is 0.464 e. The van der Waals surface area contributed by atoms with Crippen LogP contribution in [0.25, 0.3) is 0 Å². The maximum atomic E-state index is 11.4. The lowest BCUT2D eigenvalue weighted by Crippen LogP contribution is -2.07. The van der Waals surface area contributed by atoms with Gasteiger partial charge in [-0.25, -0.2) is 14.8 Å². The highest BCUT2D eigenvalue weighted by Gasteiger charge is 2.10. The Kier molecular flexibility index (Phi) is 3.62. The van der Waals surface area contributed by atoms with Crippen LogP contribution in [0, 0.1) is 6.92 Å². The summed E-state index contributed by atoms with van der Waals surface area (Å²) in [5.41, 5.74) is 1.08. The number of halogens is 1. The number of nitrogens with zero attached hydrogens (tertiary/aromatic N) is 3. The number of hydrogen-bond donors (Lipinski definition) is 0. The third kappa shape index (κ3) is 2.68.